The van der Waals surface area contributed by atoms with Gasteiger partial charge in [-0.3, -0.25) is 14.5 Å². The summed E-state index contributed by atoms with van der Waals surface area (Å²) in [6, 6.07) is 6.21. The van der Waals surface area contributed by atoms with Crippen molar-refractivity contribution in [1.82, 2.24) is 10.2 Å². The van der Waals surface area contributed by atoms with E-state index in [2.05, 4.69) is 10.5 Å². The largest absolute Gasteiger partial charge is 0.480 e. The zero-order valence-electron chi connectivity index (χ0n) is 14.5. The Bertz CT molecular complexity index is 718. The van der Waals surface area contributed by atoms with Crippen molar-refractivity contribution >= 4 is 17.6 Å². The number of carboxylic acid groups (broad SMARTS) is 1. The zero-order valence-corrected chi connectivity index (χ0v) is 14.5. The number of carbonyl (C=O) groups excluding carboxylic acids is 1. The van der Waals surface area contributed by atoms with E-state index < -0.39 is 12.1 Å². The van der Waals surface area contributed by atoms with Gasteiger partial charge in [0.05, 0.1) is 12.3 Å². The molecule has 1 atom stereocenters. The number of carbonyl (C=O) groups is 2. The van der Waals surface area contributed by atoms with Crippen LogP contribution in [0.15, 0.2) is 29.4 Å². The molecule has 1 saturated carbocycles. The molecule has 1 aromatic rings. The van der Waals surface area contributed by atoms with E-state index in [1.165, 1.54) is 12.1 Å². The number of carboxylic acids is 1. The van der Waals surface area contributed by atoms with E-state index in [4.69, 9.17) is 9.94 Å². The summed E-state index contributed by atoms with van der Waals surface area (Å²) in [5.74, 6) is -1.45. The van der Waals surface area contributed by atoms with E-state index in [0.29, 0.717) is 24.2 Å². The predicted octanol–water partition coefficient (Wildman–Crippen LogP) is 1.37. The Hall–Kier alpha value is -2.48. The van der Waals surface area contributed by atoms with E-state index >= 15 is 0 Å². The van der Waals surface area contributed by atoms with Crippen LogP contribution < -0.4 is 5.32 Å². The number of oxime groups is 1. The van der Waals surface area contributed by atoms with Crippen LogP contribution in [0.1, 0.15) is 31.7 Å². The van der Waals surface area contributed by atoms with Crippen LogP contribution in [0.4, 0.5) is 4.39 Å². The summed E-state index contributed by atoms with van der Waals surface area (Å²) in [4.78, 5) is 30.3. The van der Waals surface area contributed by atoms with Gasteiger partial charge in [0.2, 0.25) is 6.10 Å². The lowest BCUT2D eigenvalue weighted by molar-refractivity contribution is -0.140. The number of halogens is 1. The smallest absolute Gasteiger partial charge is 0.317 e. The molecule has 0 saturated heterocycles. The number of nitrogens with one attached hydrogen (secondary N) is 1. The fourth-order valence-corrected chi connectivity index (χ4v) is 3.33. The normalized spacial score (nSPS) is 24.6. The van der Waals surface area contributed by atoms with Crippen LogP contribution in [0.2, 0.25) is 0 Å². The summed E-state index contributed by atoms with van der Waals surface area (Å²) in [6.07, 6.45) is 1.02. The average molecular weight is 363 g/mol. The summed E-state index contributed by atoms with van der Waals surface area (Å²) in [5, 5.41) is 15.7. The molecule has 1 fully saturated rings. The van der Waals surface area contributed by atoms with Crippen LogP contribution in [0, 0.1) is 5.82 Å². The number of likely N-dealkylation sites (N-methyl/N-ethyl adjacent to an activating group) is 1. The van der Waals surface area contributed by atoms with Gasteiger partial charge in [0.15, 0.2) is 0 Å². The van der Waals surface area contributed by atoms with Gasteiger partial charge in [0.25, 0.3) is 5.91 Å². The fourth-order valence-electron chi connectivity index (χ4n) is 3.33. The molecule has 2 N–H and O–H groups in total. The highest BCUT2D eigenvalue weighted by Crippen LogP contribution is 2.26. The quantitative estimate of drug-likeness (QED) is 0.764. The third-order valence-electron chi connectivity index (χ3n) is 4.84. The molecule has 0 bridgehead atoms. The average Bonchev–Trinajstić information content (AvgIpc) is 3.06. The first-order chi connectivity index (χ1) is 12.5. The van der Waals surface area contributed by atoms with Crippen LogP contribution in [-0.4, -0.2) is 58.9 Å². The Morgan fingerprint density at radius 3 is 2.85 bits per heavy atom. The lowest BCUT2D eigenvalue weighted by Gasteiger charge is -2.42. The topological polar surface area (TPSA) is 91.2 Å². The summed E-state index contributed by atoms with van der Waals surface area (Å²) >= 11 is 0. The Morgan fingerprint density at radius 2 is 2.19 bits per heavy atom. The maximum absolute atomic E-state index is 13.3. The van der Waals surface area contributed by atoms with E-state index in [-0.39, 0.29) is 30.4 Å². The van der Waals surface area contributed by atoms with Crippen LogP contribution in [-0.2, 0) is 14.4 Å². The maximum atomic E-state index is 13.3. The molecule has 0 aromatic heterocycles. The third-order valence-corrected chi connectivity index (χ3v) is 4.84. The molecule has 140 valence electrons. The lowest BCUT2D eigenvalue weighted by atomic mass is 9.85. The number of rotatable bonds is 7. The third kappa shape index (κ3) is 4.19. The molecule has 7 nitrogen and oxygen atoms in total. The van der Waals surface area contributed by atoms with E-state index in [1.54, 1.807) is 12.1 Å². The van der Waals surface area contributed by atoms with E-state index in [9.17, 15) is 14.0 Å². The van der Waals surface area contributed by atoms with Gasteiger partial charge in [-0.2, -0.15) is 0 Å². The van der Waals surface area contributed by atoms with Gasteiger partial charge in [-0.1, -0.05) is 24.2 Å². The molecule has 8 heteroatoms. The number of hydrogen-bond acceptors (Lipinski definition) is 5. The van der Waals surface area contributed by atoms with Crippen LogP contribution in [0.25, 0.3) is 0 Å². The predicted molar refractivity (Wildman–Crippen MR) is 92.3 cm³/mol. The Labute approximate surface area is 150 Å². The number of amides is 1. The molecule has 0 spiro atoms. The van der Waals surface area contributed by atoms with Crippen LogP contribution in [0.5, 0.6) is 0 Å². The van der Waals surface area contributed by atoms with Gasteiger partial charge in [0.1, 0.15) is 5.82 Å². The minimum atomic E-state index is -0.847. The number of benzene rings is 1. The maximum Gasteiger partial charge on any atom is 0.317 e. The Kier molecular flexibility index (Phi) is 5.51. The standard InChI is InChI=1S/C18H22FN3O4/c1-2-22(10-17(23)24)14-7-13(8-14)20-18(25)16-9-15(21-26-16)11-4-3-5-12(19)6-11/h3-6,13-14,16H,2,7-10H2,1H3,(H,20,25)(H,23,24). The molecule has 1 aliphatic carbocycles. The fraction of sp³-hybridized carbons (Fsp3) is 0.500. The second-order valence-corrected chi connectivity index (χ2v) is 6.63. The van der Waals surface area contributed by atoms with Crippen molar-refractivity contribution in [2.75, 3.05) is 13.1 Å². The molecule has 1 aromatic carbocycles. The van der Waals surface area contributed by atoms with E-state index in [0.717, 1.165) is 12.8 Å². The highest BCUT2D eigenvalue weighted by molar-refractivity contribution is 6.04. The lowest BCUT2D eigenvalue weighted by Crippen LogP contribution is -2.56. The molecule has 1 amide bonds. The Balaban J connectivity index is 1.45. The first-order valence-electron chi connectivity index (χ1n) is 8.71. The van der Waals surface area contributed by atoms with Gasteiger partial charge in [-0.05, 0) is 31.5 Å². The zero-order chi connectivity index (χ0) is 18.7. The molecular formula is C18H22FN3O4. The first kappa shape index (κ1) is 18.3. The monoisotopic (exact) mass is 363 g/mol. The molecule has 3 rings (SSSR count). The van der Waals surface area contributed by atoms with Crippen molar-refractivity contribution in [3.8, 4) is 0 Å². The minimum Gasteiger partial charge on any atom is -0.480 e. The summed E-state index contributed by atoms with van der Waals surface area (Å²) in [5.41, 5.74) is 1.16. The minimum absolute atomic E-state index is 0.0113. The van der Waals surface area contributed by atoms with Crippen molar-refractivity contribution in [3.05, 3.63) is 35.6 Å². The number of nitrogens with zero attached hydrogens (tertiary/aromatic N) is 2. The Morgan fingerprint density at radius 1 is 1.42 bits per heavy atom. The molecule has 1 aliphatic heterocycles. The van der Waals surface area contributed by atoms with Crippen molar-refractivity contribution < 1.29 is 23.9 Å². The van der Waals surface area contributed by atoms with Gasteiger partial charge < -0.3 is 15.3 Å². The molecule has 0 radical (unpaired) electrons. The molecule has 1 heterocycles. The molecule has 26 heavy (non-hydrogen) atoms. The van der Waals surface area contributed by atoms with Crippen LogP contribution >= 0.6 is 0 Å². The van der Waals surface area contributed by atoms with Gasteiger partial charge in [-0.15, -0.1) is 0 Å². The second kappa shape index (κ2) is 7.82. The SMILES string of the molecule is CCN(CC(=O)O)C1CC(NC(=O)C2CC(c3cccc(F)c3)=NO2)C1. The van der Waals surface area contributed by atoms with Crippen molar-refractivity contribution in [1.29, 1.82) is 0 Å². The first-order valence-corrected chi connectivity index (χ1v) is 8.71. The number of hydrogen-bond donors (Lipinski definition) is 2. The van der Waals surface area contributed by atoms with E-state index in [1.807, 2.05) is 11.8 Å². The van der Waals surface area contributed by atoms with Crippen LogP contribution in [0.3, 0.4) is 0 Å². The number of aliphatic carboxylic acids is 1. The summed E-state index contributed by atoms with van der Waals surface area (Å²) < 4.78 is 13.3. The van der Waals surface area contributed by atoms with Gasteiger partial charge in [0, 0.05) is 24.1 Å². The van der Waals surface area contributed by atoms with Crippen molar-refractivity contribution in [2.24, 2.45) is 5.16 Å². The molecule has 2 aliphatic rings. The summed E-state index contributed by atoms with van der Waals surface area (Å²) in [7, 11) is 0. The highest BCUT2D eigenvalue weighted by atomic mass is 19.1. The van der Waals surface area contributed by atoms with Crippen molar-refractivity contribution in [2.45, 2.75) is 44.4 Å². The summed E-state index contributed by atoms with van der Waals surface area (Å²) in [6.45, 7) is 2.60. The highest BCUT2D eigenvalue weighted by Gasteiger charge is 2.37. The van der Waals surface area contributed by atoms with Gasteiger partial charge >= 0.3 is 5.97 Å². The van der Waals surface area contributed by atoms with Crippen molar-refractivity contribution in [3.63, 3.8) is 0 Å². The van der Waals surface area contributed by atoms with Gasteiger partial charge in [-0.25, -0.2) is 4.39 Å². The molecule has 1 unspecified atom stereocenters. The molecular weight excluding hydrogens is 341 g/mol. The second-order valence-electron chi connectivity index (χ2n) is 6.63.